The summed E-state index contributed by atoms with van der Waals surface area (Å²) >= 11 is 3.46. The molecule has 17 heavy (non-hydrogen) atoms. The van der Waals surface area contributed by atoms with Crippen molar-refractivity contribution < 1.29 is 0 Å². The quantitative estimate of drug-likeness (QED) is 0.819. The standard InChI is InChI=1S/C13H22BrN3/c1-10(2)9-15-7-8-17(4)13-6-5-12(14)11(3)16-13/h5-6,10,15H,7-9H2,1-4H3. The van der Waals surface area contributed by atoms with Gasteiger partial charge in [0, 0.05) is 24.6 Å². The third-order valence-corrected chi connectivity index (χ3v) is 3.41. The first-order valence-electron chi connectivity index (χ1n) is 6.05. The minimum atomic E-state index is 0.702. The molecule has 0 aliphatic carbocycles. The summed E-state index contributed by atoms with van der Waals surface area (Å²) in [5, 5.41) is 3.43. The van der Waals surface area contributed by atoms with E-state index < -0.39 is 0 Å². The minimum absolute atomic E-state index is 0.702. The fourth-order valence-corrected chi connectivity index (χ4v) is 1.72. The minimum Gasteiger partial charge on any atom is -0.358 e. The van der Waals surface area contributed by atoms with Gasteiger partial charge in [0.25, 0.3) is 0 Å². The molecule has 0 bridgehead atoms. The van der Waals surface area contributed by atoms with Gasteiger partial charge in [0.1, 0.15) is 5.82 Å². The van der Waals surface area contributed by atoms with Crippen molar-refractivity contribution in [3.63, 3.8) is 0 Å². The van der Waals surface area contributed by atoms with Crippen molar-refractivity contribution in [2.75, 3.05) is 31.6 Å². The number of nitrogens with zero attached hydrogens (tertiary/aromatic N) is 2. The maximum Gasteiger partial charge on any atom is 0.128 e. The Morgan fingerprint density at radius 2 is 2.12 bits per heavy atom. The van der Waals surface area contributed by atoms with Gasteiger partial charge >= 0.3 is 0 Å². The Morgan fingerprint density at radius 3 is 2.71 bits per heavy atom. The lowest BCUT2D eigenvalue weighted by atomic mass is 10.2. The number of aryl methyl sites for hydroxylation is 1. The molecule has 0 atom stereocenters. The Balaban J connectivity index is 2.41. The molecule has 3 nitrogen and oxygen atoms in total. The van der Waals surface area contributed by atoms with E-state index in [1.165, 1.54) is 0 Å². The van der Waals surface area contributed by atoms with Crippen LogP contribution < -0.4 is 10.2 Å². The van der Waals surface area contributed by atoms with Crippen LogP contribution >= 0.6 is 15.9 Å². The summed E-state index contributed by atoms with van der Waals surface area (Å²) in [4.78, 5) is 6.71. The number of aromatic nitrogens is 1. The van der Waals surface area contributed by atoms with Gasteiger partial charge in [-0.15, -0.1) is 0 Å². The summed E-state index contributed by atoms with van der Waals surface area (Å²) < 4.78 is 1.06. The van der Waals surface area contributed by atoms with Gasteiger partial charge in [-0.25, -0.2) is 4.98 Å². The van der Waals surface area contributed by atoms with Crippen LogP contribution in [0, 0.1) is 12.8 Å². The third-order valence-electron chi connectivity index (χ3n) is 2.57. The van der Waals surface area contributed by atoms with Crippen LogP contribution in [0.25, 0.3) is 0 Å². The largest absolute Gasteiger partial charge is 0.358 e. The normalized spacial score (nSPS) is 10.9. The van der Waals surface area contributed by atoms with Crippen molar-refractivity contribution in [2.24, 2.45) is 5.92 Å². The number of hydrogen-bond acceptors (Lipinski definition) is 3. The second-order valence-corrected chi connectivity index (χ2v) is 5.61. The van der Waals surface area contributed by atoms with Gasteiger partial charge in [0.15, 0.2) is 0 Å². The van der Waals surface area contributed by atoms with E-state index in [-0.39, 0.29) is 0 Å². The molecule has 1 heterocycles. The molecule has 1 aromatic rings. The molecule has 1 N–H and O–H groups in total. The first-order chi connectivity index (χ1) is 8.00. The topological polar surface area (TPSA) is 28.2 Å². The number of hydrogen-bond donors (Lipinski definition) is 1. The molecule has 0 aliphatic rings. The lowest BCUT2D eigenvalue weighted by molar-refractivity contribution is 0.554. The van der Waals surface area contributed by atoms with Crippen LogP contribution in [0.2, 0.25) is 0 Å². The van der Waals surface area contributed by atoms with E-state index in [0.29, 0.717) is 5.92 Å². The Kier molecular flexibility index (Phi) is 5.92. The van der Waals surface area contributed by atoms with Crippen molar-refractivity contribution in [3.05, 3.63) is 22.3 Å². The Hall–Kier alpha value is -0.610. The van der Waals surface area contributed by atoms with Crippen molar-refractivity contribution in [1.82, 2.24) is 10.3 Å². The fourth-order valence-electron chi connectivity index (χ4n) is 1.50. The molecule has 0 saturated heterocycles. The number of anilines is 1. The maximum atomic E-state index is 4.54. The van der Waals surface area contributed by atoms with Gasteiger partial charge < -0.3 is 10.2 Å². The molecule has 0 spiro atoms. The molecular weight excluding hydrogens is 278 g/mol. The van der Waals surface area contributed by atoms with Crippen LogP contribution in [0.4, 0.5) is 5.82 Å². The fraction of sp³-hybridized carbons (Fsp3) is 0.615. The second kappa shape index (κ2) is 6.97. The van der Waals surface area contributed by atoms with Crippen LogP contribution in [0.15, 0.2) is 16.6 Å². The number of rotatable bonds is 6. The molecule has 96 valence electrons. The first kappa shape index (κ1) is 14.5. The molecular formula is C13H22BrN3. The van der Waals surface area contributed by atoms with E-state index in [9.17, 15) is 0 Å². The summed E-state index contributed by atoms with van der Waals surface area (Å²) in [6, 6.07) is 4.09. The highest BCUT2D eigenvalue weighted by Gasteiger charge is 2.04. The van der Waals surface area contributed by atoms with E-state index in [0.717, 1.165) is 35.6 Å². The van der Waals surface area contributed by atoms with Gasteiger partial charge in [-0.1, -0.05) is 13.8 Å². The van der Waals surface area contributed by atoms with Crippen molar-refractivity contribution >= 4 is 21.7 Å². The predicted octanol–water partition coefficient (Wildman–Crippen LogP) is 2.83. The number of pyridine rings is 1. The molecule has 0 unspecified atom stereocenters. The van der Waals surface area contributed by atoms with Gasteiger partial charge in [-0.05, 0) is 47.4 Å². The van der Waals surface area contributed by atoms with E-state index in [4.69, 9.17) is 0 Å². The summed E-state index contributed by atoms with van der Waals surface area (Å²) in [6.07, 6.45) is 0. The highest BCUT2D eigenvalue weighted by atomic mass is 79.9. The highest BCUT2D eigenvalue weighted by molar-refractivity contribution is 9.10. The zero-order valence-corrected chi connectivity index (χ0v) is 12.7. The van der Waals surface area contributed by atoms with Crippen LogP contribution in [0.1, 0.15) is 19.5 Å². The lowest BCUT2D eigenvalue weighted by Gasteiger charge is -2.19. The number of nitrogens with one attached hydrogen (secondary N) is 1. The smallest absolute Gasteiger partial charge is 0.128 e. The van der Waals surface area contributed by atoms with Crippen LogP contribution in [0.3, 0.4) is 0 Å². The molecule has 0 amide bonds. The molecule has 4 heteroatoms. The zero-order valence-electron chi connectivity index (χ0n) is 11.1. The molecule has 0 radical (unpaired) electrons. The van der Waals surface area contributed by atoms with E-state index >= 15 is 0 Å². The average Bonchev–Trinajstić information content (AvgIpc) is 2.27. The molecule has 1 aromatic heterocycles. The van der Waals surface area contributed by atoms with Crippen molar-refractivity contribution in [1.29, 1.82) is 0 Å². The zero-order chi connectivity index (χ0) is 12.8. The number of likely N-dealkylation sites (N-methyl/N-ethyl adjacent to an activating group) is 1. The van der Waals surface area contributed by atoms with Crippen LogP contribution in [-0.2, 0) is 0 Å². The summed E-state index contributed by atoms with van der Waals surface area (Å²) in [7, 11) is 2.08. The summed E-state index contributed by atoms with van der Waals surface area (Å²) in [6.45, 7) is 9.48. The van der Waals surface area contributed by atoms with Gasteiger partial charge in [0.05, 0.1) is 5.69 Å². The average molecular weight is 300 g/mol. The first-order valence-corrected chi connectivity index (χ1v) is 6.85. The van der Waals surface area contributed by atoms with Gasteiger partial charge in [0.2, 0.25) is 0 Å². The van der Waals surface area contributed by atoms with Gasteiger partial charge in [-0.2, -0.15) is 0 Å². The highest BCUT2D eigenvalue weighted by Crippen LogP contribution is 2.17. The molecule has 0 fully saturated rings. The lowest BCUT2D eigenvalue weighted by Crippen LogP contribution is -2.31. The van der Waals surface area contributed by atoms with Crippen LogP contribution in [-0.4, -0.2) is 31.7 Å². The van der Waals surface area contributed by atoms with Gasteiger partial charge in [-0.3, -0.25) is 0 Å². The molecule has 0 aromatic carbocycles. The van der Waals surface area contributed by atoms with E-state index in [1.54, 1.807) is 0 Å². The van der Waals surface area contributed by atoms with Crippen molar-refractivity contribution in [2.45, 2.75) is 20.8 Å². The molecule has 1 rings (SSSR count). The third kappa shape index (κ3) is 5.04. The van der Waals surface area contributed by atoms with Crippen molar-refractivity contribution in [3.8, 4) is 0 Å². The monoisotopic (exact) mass is 299 g/mol. The maximum absolute atomic E-state index is 4.54. The molecule has 0 saturated carbocycles. The Morgan fingerprint density at radius 1 is 1.41 bits per heavy atom. The SMILES string of the molecule is Cc1nc(N(C)CCNCC(C)C)ccc1Br. The second-order valence-electron chi connectivity index (χ2n) is 4.76. The van der Waals surface area contributed by atoms with E-state index in [2.05, 4.69) is 58.1 Å². The Labute approximate surface area is 113 Å². The predicted molar refractivity (Wildman–Crippen MR) is 77.7 cm³/mol. The molecule has 0 aliphatic heterocycles. The Bertz CT molecular complexity index is 353. The van der Waals surface area contributed by atoms with Crippen LogP contribution in [0.5, 0.6) is 0 Å². The summed E-state index contributed by atoms with van der Waals surface area (Å²) in [5.74, 6) is 1.73. The summed E-state index contributed by atoms with van der Waals surface area (Å²) in [5.41, 5.74) is 1.03. The number of halogens is 1. The van der Waals surface area contributed by atoms with E-state index in [1.807, 2.05) is 13.0 Å².